The Kier molecular flexibility index (Phi) is 6.64. The summed E-state index contributed by atoms with van der Waals surface area (Å²) in [6.45, 7) is 6.61. The van der Waals surface area contributed by atoms with Crippen molar-refractivity contribution >= 4 is 5.78 Å². The van der Waals surface area contributed by atoms with Crippen molar-refractivity contribution in [3.63, 3.8) is 0 Å². The van der Waals surface area contributed by atoms with Crippen LogP contribution in [0.1, 0.15) is 40.5 Å². The molecule has 0 radical (unpaired) electrons. The predicted molar refractivity (Wildman–Crippen MR) is 94.2 cm³/mol. The third-order valence-electron chi connectivity index (χ3n) is 5.83. The van der Waals surface area contributed by atoms with E-state index in [1.54, 1.807) is 13.8 Å². The maximum Gasteiger partial charge on any atom is 0.167 e. The fourth-order valence-corrected chi connectivity index (χ4v) is 3.93. The third kappa shape index (κ3) is 4.03. The second-order valence-corrected chi connectivity index (χ2v) is 7.73. The fraction of sp³-hybridized carbons (Fsp3) is 0.842. The van der Waals surface area contributed by atoms with Crippen molar-refractivity contribution in [1.82, 2.24) is 0 Å². The summed E-state index contributed by atoms with van der Waals surface area (Å²) in [6, 6.07) is 0. The Labute approximate surface area is 154 Å². The van der Waals surface area contributed by atoms with Crippen LogP contribution in [0.15, 0.2) is 12.2 Å². The minimum atomic E-state index is -1.44. The summed E-state index contributed by atoms with van der Waals surface area (Å²) in [6.07, 6.45) is 1.55. The van der Waals surface area contributed by atoms with Gasteiger partial charge in [0, 0.05) is 12.3 Å². The number of epoxide rings is 1. The quantitative estimate of drug-likeness (QED) is 0.359. The number of hydrogen-bond donors (Lipinski definition) is 4. The first-order valence-corrected chi connectivity index (χ1v) is 9.31. The van der Waals surface area contributed by atoms with E-state index in [4.69, 9.17) is 9.47 Å². The molecule has 0 saturated carbocycles. The SMILES string of the molecule is C/C=C\[C@H](C)[C@H]1O[C@@]1(C)[C@@H](O)[C@@H](CO)C(=O)C1COC(O)(CC)CC1O. The number of ketones is 1. The van der Waals surface area contributed by atoms with Crippen LogP contribution in [0.2, 0.25) is 0 Å². The molecule has 0 spiro atoms. The van der Waals surface area contributed by atoms with Gasteiger partial charge in [-0.3, -0.25) is 4.79 Å². The van der Waals surface area contributed by atoms with Crippen molar-refractivity contribution < 1.29 is 34.7 Å². The molecular weight excluding hydrogens is 340 g/mol. The maximum atomic E-state index is 12.8. The van der Waals surface area contributed by atoms with Crippen molar-refractivity contribution in [1.29, 1.82) is 0 Å². The number of allylic oxidation sites excluding steroid dienone is 1. The van der Waals surface area contributed by atoms with Gasteiger partial charge in [-0.15, -0.1) is 0 Å². The first-order chi connectivity index (χ1) is 12.1. The monoisotopic (exact) mass is 372 g/mol. The molecule has 0 aromatic rings. The highest BCUT2D eigenvalue weighted by atomic mass is 16.6. The highest BCUT2D eigenvalue weighted by molar-refractivity contribution is 5.85. The Hall–Kier alpha value is -0.830. The van der Waals surface area contributed by atoms with Gasteiger partial charge in [0.2, 0.25) is 0 Å². The second kappa shape index (κ2) is 8.04. The average molecular weight is 372 g/mol. The van der Waals surface area contributed by atoms with E-state index in [1.165, 1.54) is 0 Å². The second-order valence-electron chi connectivity index (χ2n) is 7.73. The Bertz CT molecular complexity index is 536. The van der Waals surface area contributed by atoms with Crippen LogP contribution in [0.4, 0.5) is 0 Å². The molecule has 0 bridgehead atoms. The van der Waals surface area contributed by atoms with E-state index in [0.29, 0.717) is 6.42 Å². The smallest absolute Gasteiger partial charge is 0.167 e. The molecule has 150 valence electrons. The largest absolute Gasteiger partial charge is 0.396 e. The van der Waals surface area contributed by atoms with Gasteiger partial charge in [-0.25, -0.2) is 0 Å². The van der Waals surface area contributed by atoms with Gasteiger partial charge in [-0.05, 0) is 20.3 Å². The van der Waals surface area contributed by atoms with E-state index in [2.05, 4.69) is 0 Å². The Balaban J connectivity index is 2.07. The molecule has 0 aromatic heterocycles. The molecule has 2 fully saturated rings. The van der Waals surface area contributed by atoms with Crippen LogP contribution in [0, 0.1) is 17.8 Å². The highest BCUT2D eigenvalue weighted by Crippen LogP contribution is 2.47. The number of ether oxygens (including phenoxy) is 2. The summed E-state index contributed by atoms with van der Waals surface area (Å²) >= 11 is 0. The van der Waals surface area contributed by atoms with E-state index in [1.807, 2.05) is 26.0 Å². The van der Waals surface area contributed by atoms with Crippen LogP contribution >= 0.6 is 0 Å². The van der Waals surface area contributed by atoms with Crippen LogP contribution in [0.25, 0.3) is 0 Å². The zero-order valence-corrected chi connectivity index (χ0v) is 16.0. The van der Waals surface area contributed by atoms with Crippen LogP contribution in [0.3, 0.4) is 0 Å². The van der Waals surface area contributed by atoms with E-state index in [9.17, 15) is 25.2 Å². The molecule has 2 saturated heterocycles. The van der Waals surface area contributed by atoms with Gasteiger partial charge in [0.05, 0.1) is 43.4 Å². The van der Waals surface area contributed by atoms with Gasteiger partial charge in [0.15, 0.2) is 5.79 Å². The Morgan fingerprint density at radius 3 is 2.58 bits per heavy atom. The van der Waals surface area contributed by atoms with Crippen molar-refractivity contribution in [2.75, 3.05) is 13.2 Å². The molecule has 2 rings (SSSR count). The fourth-order valence-electron chi connectivity index (χ4n) is 3.93. The van der Waals surface area contributed by atoms with Gasteiger partial charge >= 0.3 is 0 Å². The topological polar surface area (TPSA) is 120 Å². The number of rotatable bonds is 8. The van der Waals surface area contributed by atoms with Crippen molar-refractivity contribution in [2.24, 2.45) is 17.8 Å². The molecule has 26 heavy (non-hydrogen) atoms. The molecular formula is C19H32O7. The van der Waals surface area contributed by atoms with E-state index in [0.717, 1.165) is 0 Å². The van der Waals surface area contributed by atoms with Crippen LogP contribution in [-0.2, 0) is 14.3 Å². The average Bonchev–Trinajstić information content (AvgIpc) is 3.29. The van der Waals surface area contributed by atoms with Crippen LogP contribution < -0.4 is 0 Å². The lowest BCUT2D eigenvalue weighted by molar-refractivity contribution is -0.258. The first-order valence-electron chi connectivity index (χ1n) is 9.31. The molecule has 2 aliphatic heterocycles. The predicted octanol–water partition coefficient (Wildman–Crippen LogP) is 0.391. The lowest BCUT2D eigenvalue weighted by Crippen LogP contribution is -2.53. The molecule has 7 heteroatoms. The number of hydrogen-bond acceptors (Lipinski definition) is 7. The molecule has 2 heterocycles. The number of aliphatic hydroxyl groups is 4. The Morgan fingerprint density at radius 1 is 1.42 bits per heavy atom. The van der Waals surface area contributed by atoms with E-state index >= 15 is 0 Å². The van der Waals surface area contributed by atoms with Crippen molar-refractivity contribution in [2.45, 2.75) is 70.2 Å². The van der Waals surface area contributed by atoms with Crippen molar-refractivity contribution in [3.8, 4) is 0 Å². The third-order valence-corrected chi connectivity index (χ3v) is 5.83. The van der Waals surface area contributed by atoms with Gasteiger partial charge in [-0.2, -0.15) is 0 Å². The van der Waals surface area contributed by atoms with Crippen LogP contribution in [0.5, 0.6) is 0 Å². The molecule has 4 N–H and O–H groups in total. The molecule has 0 aromatic carbocycles. The number of carbonyl (C=O) groups is 1. The highest BCUT2D eigenvalue weighted by Gasteiger charge is 2.62. The summed E-state index contributed by atoms with van der Waals surface area (Å²) in [5.74, 6) is -3.83. The first kappa shape index (κ1) is 21.5. The molecule has 8 atom stereocenters. The lowest BCUT2D eigenvalue weighted by Gasteiger charge is -2.39. The van der Waals surface area contributed by atoms with Gasteiger partial charge in [0.25, 0.3) is 0 Å². The number of carbonyl (C=O) groups excluding carboxylic acids is 1. The molecule has 3 unspecified atom stereocenters. The summed E-state index contributed by atoms with van der Waals surface area (Å²) in [4.78, 5) is 12.8. The summed E-state index contributed by atoms with van der Waals surface area (Å²) < 4.78 is 11.0. The minimum absolute atomic E-state index is 0.0669. The van der Waals surface area contributed by atoms with Gasteiger partial charge in [0.1, 0.15) is 11.4 Å². The molecule has 0 aliphatic carbocycles. The number of aliphatic hydroxyl groups excluding tert-OH is 3. The zero-order chi connectivity index (χ0) is 19.7. The van der Waals surface area contributed by atoms with Crippen molar-refractivity contribution in [3.05, 3.63) is 12.2 Å². The molecule has 7 nitrogen and oxygen atoms in total. The van der Waals surface area contributed by atoms with E-state index in [-0.39, 0.29) is 25.0 Å². The standard InChI is InChI=1S/C19H32O7/c1-5-7-11(3)17-18(4,26-17)16(23)12(9-20)15(22)13-10-25-19(24,6-2)8-14(13)21/h5,7,11-14,16-17,20-21,23-24H,6,8-10H2,1-4H3/b7-5-/t11-,12-,13?,14?,16-,17+,18-,19?/m0/s1. The van der Waals surface area contributed by atoms with Gasteiger partial charge < -0.3 is 29.9 Å². The normalized spacial score (nSPS) is 41.0. The summed E-state index contributed by atoms with van der Waals surface area (Å²) in [5.41, 5.74) is -0.924. The molecule has 2 aliphatic rings. The lowest BCUT2D eigenvalue weighted by atomic mass is 9.78. The van der Waals surface area contributed by atoms with E-state index < -0.39 is 47.8 Å². The maximum absolute atomic E-state index is 12.8. The summed E-state index contributed by atoms with van der Waals surface area (Å²) in [7, 11) is 0. The van der Waals surface area contributed by atoms with Gasteiger partial charge in [-0.1, -0.05) is 26.0 Å². The minimum Gasteiger partial charge on any atom is -0.396 e. The number of Topliss-reactive ketones (excluding diaryl/α,β-unsaturated/α-hetero) is 1. The Morgan fingerprint density at radius 2 is 2.08 bits per heavy atom. The zero-order valence-electron chi connectivity index (χ0n) is 16.0. The summed E-state index contributed by atoms with van der Waals surface area (Å²) in [5, 5.41) is 40.9. The molecule has 0 amide bonds. The van der Waals surface area contributed by atoms with Crippen LogP contribution in [-0.4, -0.2) is 69.1 Å².